The number of H-pyrrole nitrogens is 1. The van der Waals surface area contributed by atoms with Crippen molar-refractivity contribution in [2.75, 3.05) is 0 Å². The minimum atomic E-state index is -2.08. The normalized spacial score (nSPS) is 22.7. The maximum Gasteiger partial charge on any atom is 0.335 e. The third kappa shape index (κ3) is 35.2. The fraction of sp³-hybridized carbons (Fsp3) is 0.573. The van der Waals surface area contributed by atoms with Crippen LogP contribution in [-0.4, -0.2) is 216 Å². The summed E-state index contributed by atoms with van der Waals surface area (Å²) in [6, 6.07) is 4.19. The number of carboxylic acid groups (broad SMARTS) is 2. The van der Waals surface area contributed by atoms with Gasteiger partial charge in [0.15, 0.2) is 11.6 Å². The summed E-state index contributed by atoms with van der Waals surface area (Å²) in [5.74, 6) is -20.7. The van der Waals surface area contributed by atoms with Gasteiger partial charge in [0.05, 0.1) is 35.8 Å². The van der Waals surface area contributed by atoms with E-state index in [1.165, 1.54) is 79.7 Å². The zero-order chi connectivity index (χ0) is 99.4. The Labute approximate surface area is 782 Å². The maximum absolute atomic E-state index is 15.6. The molecule has 1 aliphatic carbocycles. The van der Waals surface area contributed by atoms with Crippen molar-refractivity contribution >= 4 is 123 Å². The number of carbonyl (C=O) groups is 19. The van der Waals surface area contributed by atoms with E-state index in [1.807, 2.05) is 19.1 Å². The number of hydrazine groups is 1. The first kappa shape index (κ1) is 110. The van der Waals surface area contributed by atoms with Gasteiger partial charge >= 0.3 is 11.9 Å². The van der Waals surface area contributed by atoms with Crippen LogP contribution < -0.4 is 80.8 Å². The molecule has 134 heavy (non-hydrogen) atoms. The molecule has 0 spiro atoms. The van der Waals surface area contributed by atoms with Crippen LogP contribution in [-0.2, 0) is 106 Å². The average molecular weight is 1870 g/mol. The highest BCUT2D eigenvalue weighted by Crippen LogP contribution is 2.32. The summed E-state index contributed by atoms with van der Waals surface area (Å²) in [7, 11) is 0. The first-order valence-corrected chi connectivity index (χ1v) is 46.3. The molecule has 2 heterocycles. The number of aromatic amines is 1. The summed E-state index contributed by atoms with van der Waals surface area (Å²) in [6.45, 7) is 17.8. The van der Waals surface area contributed by atoms with E-state index in [1.54, 1.807) is 81.6 Å². The quantitative estimate of drug-likeness (QED) is 0.0171. The number of aromatic carboxylic acids is 1. The molecule has 4 aromatic rings. The summed E-state index contributed by atoms with van der Waals surface area (Å²) >= 11 is 0. The number of para-hydroxylation sites is 1. The lowest BCUT2D eigenvalue weighted by Gasteiger charge is -2.35. The number of aliphatic carboxylic acids is 1. The lowest BCUT2D eigenvalue weighted by Crippen LogP contribution is -2.65. The molecular formula is C96H140N16O22. The maximum atomic E-state index is 15.6. The Hall–Kier alpha value is -12.5. The van der Waals surface area contributed by atoms with Crippen LogP contribution in [0.3, 0.4) is 0 Å². The zero-order valence-electron chi connectivity index (χ0n) is 78.8. The largest absolute Gasteiger partial charge is 0.481 e. The second kappa shape index (κ2) is 53.4. The van der Waals surface area contributed by atoms with Crippen molar-refractivity contribution in [1.29, 1.82) is 0 Å². The van der Waals surface area contributed by atoms with Gasteiger partial charge in [-0.25, -0.2) is 15.6 Å². The Kier molecular flexibility index (Phi) is 44.0. The molecule has 0 radical (unpaired) electrons. The van der Waals surface area contributed by atoms with Crippen molar-refractivity contribution in [3.05, 3.63) is 119 Å². The standard InChI is InChI=1S/C96H138N16O22.H2/c1-13-54(4)79(76(116)46-55(5)83(98)122)112-111-57(7)82(121)81(120)56(6)101-93(133)95(11)43-26-19-17-15-14-16-18-20-27-44-96(12,110-90(129)74(48-61-29-22-21-23-30-61)106-91(130)80(59(9)113)108-88(127)72(45-53(2)3)102-60(10)114)94(134)107-70(40-42-78(118)119)87(126)104-71(47-63-35-37-64(38-36-63)92(131)132)75(115)51-65(50-66-52-99-68-34-25-24-33-67(66)68)85(124)100-58(8)84(123)103-69(39-41-77(97)117)86(125)105-73(89(128)109-95)49-62-31-28-32-62;/h15,17,21-25,29-30,33-38,52-59,62,65,69-74,79-80,99,111-113H,13-14,16,18-20,26-28,31-32,39-51H2,1-12H3,(H2,97,117)(H2,98,122)(H,100,124)(H,101,133)(H,102,114)(H,103,123)(H,104,126)(H,105,125)(H,106,130)(H,107,134)(H,108,127)(H,109,128)(H,110,129)(H,118,119)(H,131,132);1H/b17-15+;/t54?,55-,56?,57?,58?,59+,65+,69-,70-,71-,72-,73+,74-,79-,80-,95-,96+;/m0./s1. The monoisotopic (exact) mass is 1870 g/mol. The third-order valence-electron chi connectivity index (χ3n) is 24.6. The fourth-order valence-corrected chi connectivity index (χ4v) is 15.9. The molecule has 17 atom stereocenters. The summed E-state index contributed by atoms with van der Waals surface area (Å²) < 4.78 is 0. The van der Waals surface area contributed by atoms with E-state index in [0.29, 0.717) is 73.4 Å². The number of ketones is 4. The lowest BCUT2D eigenvalue weighted by atomic mass is 9.80. The molecule has 38 heteroatoms. The van der Waals surface area contributed by atoms with Crippen molar-refractivity contribution < 1.29 is 108 Å². The minimum absolute atomic E-state index is 0. The molecule has 0 saturated heterocycles. The van der Waals surface area contributed by atoms with Crippen molar-refractivity contribution in [2.24, 2.45) is 41.1 Å². The number of hydrogen-bond acceptors (Lipinski definition) is 22. The van der Waals surface area contributed by atoms with E-state index < -0.39 is 240 Å². The van der Waals surface area contributed by atoms with Crippen LogP contribution in [0.25, 0.3) is 10.9 Å². The average Bonchev–Trinajstić information content (AvgIpc) is 1.81. The molecule has 2 aliphatic rings. The topological polar surface area (TPSA) is 609 Å². The number of amides is 13. The van der Waals surface area contributed by atoms with E-state index in [4.69, 9.17) is 11.5 Å². The molecule has 13 amide bonds. The van der Waals surface area contributed by atoms with Crippen LogP contribution in [0.5, 0.6) is 0 Å². The van der Waals surface area contributed by atoms with E-state index in [2.05, 4.69) is 74.3 Å². The summed E-state index contributed by atoms with van der Waals surface area (Å²) in [5, 5.41) is 61.2. The van der Waals surface area contributed by atoms with Gasteiger partial charge in [0.2, 0.25) is 88.4 Å². The molecular weight excluding hydrogens is 1730 g/mol. The summed E-state index contributed by atoms with van der Waals surface area (Å²) in [6.07, 6.45) is 4.48. The first-order chi connectivity index (χ1) is 63.2. The highest BCUT2D eigenvalue weighted by atomic mass is 16.4. The van der Waals surface area contributed by atoms with Crippen molar-refractivity contribution in [3.8, 4) is 0 Å². The smallest absolute Gasteiger partial charge is 0.335 e. The molecule has 21 N–H and O–H groups in total. The number of aliphatic hydroxyl groups excluding tert-OH is 1. The molecule has 1 aromatic heterocycles. The van der Waals surface area contributed by atoms with E-state index in [-0.39, 0.29) is 93.9 Å². The van der Waals surface area contributed by atoms with E-state index in [0.717, 1.165) is 6.42 Å². The fourth-order valence-electron chi connectivity index (χ4n) is 15.9. The highest BCUT2D eigenvalue weighted by Gasteiger charge is 2.45. The first-order valence-electron chi connectivity index (χ1n) is 46.3. The number of aromatic nitrogens is 1. The minimum Gasteiger partial charge on any atom is -0.481 e. The molecule has 38 nitrogen and oxygen atoms in total. The number of aliphatic hydroxyl groups is 1. The number of rotatable bonds is 39. The molecule has 736 valence electrons. The number of carbonyl (C=O) groups excluding carboxylic acids is 17. The summed E-state index contributed by atoms with van der Waals surface area (Å²) in [4.78, 5) is 271. The number of nitrogens with one attached hydrogen (secondary N) is 14. The Morgan fingerprint density at radius 2 is 1.19 bits per heavy atom. The number of allylic oxidation sites excluding steroid dienone is 2. The molecule has 1 fully saturated rings. The third-order valence-corrected chi connectivity index (χ3v) is 24.6. The van der Waals surface area contributed by atoms with Crippen molar-refractivity contribution in [2.45, 2.75) is 321 Å². The SMILES string of the molecule is CCC(C)[C@H](NNC(C)C(=O)C(=O)C(C)NC(=O)[C@]1(C)CCC/C=C/CCCCCC[C@@](C)(NC(=O)[C@H](Cc2ccccc2)NC(=O)[C@@H](NC(=O)[C@H](CC(C)C)NC(C)=O)[C@@H](C)O)C(=O)N[C@@H](CCC(=O)O)C(=O)N[C@@H](Cc2ccc(C(=O)O)cc2)C(=O)C[C@@H](Cc2c[nH]c3ccccc23)C(=O)NC(C)C(=O)N[C@@H](CCC(N)=O)C(=O)N[C@H](CC2CCC2)C(=O)N1)C(=O)C[C@H](C)C(N)=O.[HH]. The van der Waals surface area contributed by atoms with Crippen LogP contribution in [0, 0.1) is 29.6 Å². The van der Waals surface area contributed by atoms with Gasteiger partial charge in [-0.3, -0.25) is 86.3 Å². The second-order valence-corrected chi connectivity index (χ2v) is 36.6. The molecule has 3 aromatic carbocycles. The van der Waals surface area contributed by atoms with Gasteiger partial charge in [-0.1, -0.05) is 152 Å². The second-order valence-electron chi connectivity index (χ2n) is 36.6. The van der Waals surface area contributed by atoms with Crippen molar-refractivity contribution in [1.82, 2.24) is 74.3 Å². The number of hydrogen-bond donors (Lipinski definition) is 19. The van der Waals surface area contributed by atoms with Crippen LogP contribution in [0.4, 0.5) is 0 Å². The number of fused-ring (bicyclic) bond motifs is 1. The Bertz CT molecular complexity index is 4830. The van der Waals surface area contributed by atoms with Gasteiger partial charge in [0, 0.05) is 69.4 Å². The predicted molar refractivity (Wildman–Crippen MR) is 498 cm³/mol. The lowest BCUT2D eigenvalue weighted by molar-refractivity contribution is -0.141. The molecule has 6 rings (SSSR count). The van der Waals surface area contributed by atoms with E-state index in [9.17, 15) is 72.9 Å². The Morgan fingerprint density at radius 1 is 0.582 bits per heavy atom. The number of primary amides is 2. The predicted octanol–water partition coefficient (Wildman–Crippen LogP) is 3.83. The van der Waals surface area contributed by atoms with Gasteiger partial charge in [-0.2, -0.15) is 0 Å². The number of benzene rings is 3. The summed E-state index contributed by atoms with van der Waals surface area (Å²) in [5.41, 5.74) is 14.4. The van der Waals surface area contributed by atoms with Gasteiger partial charge in [0.1, 0.15) is 53.4 Å². The number of carboxylic acids is 2. The number of nitrogens with two attached hydrogens (primary N) is 2. The Balaban J connectivity index is 0.0000322. The van der Waals surface area contributed by atoms with Crippen LogP contribution in [0.1, 0.15) is 246 Å². The molecule has 1 saturated carbocycles. The molecule has 0 bridgehead atoms. The van der Waals surface area contributed by atoms with E-state index >= 15 is 33.6 Å². The molecule has 4 unspecified atom stereocenters. The van der Waals surface area contributed by atoms with Crippen molar-refractivity contribution in [3.63, 3.8) is 0 Å². The number of Topliss-reactive ketones (excluding diaryl/α,β-unsaturated/α-hetero) is 4. The van der Waals surface area contributed by atoms with Gasteiger partial charge in [0.25, 0.3) is 0 Å². The van der Waals surface area contributed by atoms with Gasteiger partial charge in [-0.05, 0) is 171 Å². The molecule has 1 aliphatic heterocycles. The van der Waals surface area contributed by atoms with Gasteiger partial charge < -0.3 is 90.3 Å². The van der Waals surface area contributed by atoms with Crippen LogP contribution >= 0.6 is 0 Å². The van der Waals surface area contributed by atoms with Crippen LogP contribution in [0.15, 0.2) is 97.2 Å². The van der Waals surface area contributed by atoms with Gasteiger partial charge in [-0.15, -0.1) is 0 Å². The van der Waals surface area contributed by atoms with Crippen LogP contribution in [0.2, 0.25) is 0 Å². The zero-order valence-corrected chi connectivity index (χ0v) is 78.8. The Morgan fingerprint density at radius 3 is 1.80 bits per heavy atom. The highest BCUT2D eigenvalue weighted by molar-refractivity contribution is 6.41.